The van der Waals surface area contributed by atoms with Gasteiger partial charge in [-0.2, -0.15) is 4.31 Å². The molecule has 1 N–H and O–H groups in total. The summed E-state index contributed by atoms with van der Waals surface area (Å²) in [6.07, 6.45) is 3.84. The van der Waals surface area contributed by atoms with Gasteiger partial charge in [-0.15, -0.1) is 0 Å². The number of hydrogen-bond acceptors (Lipinski definition) is 5. The molecule has 0 saturated carbocycles. The number of ether oxygens (including phenoxy) is 1. The highest BCUT2D eigenvalue weighted by Crippen LogP contribution is 2.24. The van der Waals surface area contributed by atoms with Crippen LogP contribution in [0.1, 0.15) is 29.6 Å². The molecule has 1 amide bonds. The van der Waals surface area contributed by atoms with Gasteiger partial charge in [0.2, 0.25) is 15.9 Å². The van der Waals surface area contributed by atoms with Crippen molar-refractivity contribution in [2.45, 2.75) is 24.2 Å². The summed E-state index contributed by atoms with van der Waals surface area (Å²) < 4.78 is 45.9. The fourth-order valence-corrected chi connectivity index (χ4v) is 4.47. The number of benzene rings is 1. The van der Waals surface area contributed by atoms with Crippen LogP contribution >= 0.6 is 0 Å². The van der Waals surface area contributed by atoms with Crippen LogP contribution in [0, 0.1) is 5.82 Å². The number of sulfonamides is 1. The maximum Gasteiger partial charge on any atom is 0.255 e. The molecule has 2 heterocycles. The van der Waals surface area contributed by atoms with Gasteiger partial charge < -0.3 is 10.1 Å². The lowest BCUT2D eigenvalue weighted by Crippen LogP contribution is -2.36. The molecule has 0 spiro atoms. The Morgan fingerprint density at radius 1 is 1.19 bits per heavy atom. The molecule has 144 valence electrons. The van der Waals surface area contributed by atoms with E-state index < -0.39 is 26.6 Å². The van der Waals surface area contributed by atoms with Crippen molar-refractivity contribution in [3.63, 3.8) is 0 Å². The molecule has 0 radical (unpaired) electrons. The molecule has 3 rings (SSSR count). The fraction of sp³-hybridized carbons (Fsp3) is 0.333. The standard InChI is InChI=1S/C18H20FN3O4S/c1-26-17-8-6-14(12-20-17)21-18(23)13-5-7-15(19)16(11-13)27(24,25)22-9-3-2-4-10-22/h5-8,11-12H,2-4,9-10H2,1H3,(H,21,23). The number of piperidine rings is 1. The average Bonchev–Trinajstić information content (AvgIpc) is 2.69. The monoisotopic (exact) mass is 393 g/mol. The number of hydrogen-bond donors (Lipinski definition) is 1. The Morgan fingerprint density at radius 2 is 1.93 bits per heavy atom. The summed E-state index contributed by atoms with van der Waals surface area (Å²) in [5.41, 5.74) is 0.452. The van der Waals surface area contributed by atoms with Gasteiger partial charge in [0.05, 0.1) is 19.0 Å². The molecule has 0 unspecified atom stereocenters. The maximum atomic E-state index is 14.2. The van der Waals surface area contributed by atoms with Crippen molar-refractivity contribution in [2.75, 3.05) is 25.5 Å². The van der Waals surface area contributed by atoms with Crippen molar-refractivity contribution in [2.24, 2.45) is 0 Å². The van der Waals surface area contributed by atoms with Crippen LogP contribution in [0.4, 0.5) is 10.1 Å². The number of halogens is 1. The highest BCUT2D eigenvalue weighted by atomic mass is 32.2. The highest BCUT2D eigenvalue weighted by molar-refractivity contribution is 7.89. The zero-order valence-corrected chi connectivity index (χ0v) is 15.6. The van der Waals surface area contributed by atoms with Crippen LogP contribution in [-0.2, 0) is 10.0 Å². The first-order valence-electron chi connectivity index (χ1n) is 8.53. The van der Waals surface area contributed by atoms with Crippen LogP contribution in [0.2, 0.25) is 0 Å². The topological polar surface area (TPSA) is 88.6 Å². The lowest BCUT2D eigenvalue weighted by molar-refractivity contribution is 0.102. The van der Waals surface area contributed by atoms with Gasteiger partial charge in [-0.05, 0) is 37.1 Å². The largest absolute Gasteiger partial charge is 0.481 e. The van der Waals surface area contributed by atoms with Gasteiger partial charge in [0.25, 0.3) is 5.91 Å². The number of pyridine rings is 1. The second kappa shape index (κ2) is 8.01. The molecule has 1 aliphatic rings. The molecule has 1 fully saturated rings. The van der Waals surface area contributed by atoms with Gasteiger partial charge in [-0.1, -0.05) is 6.42 Å². The molecule has 0 atom stereocenters. The predicted octanol–water partition coefficient (Wildman–Crippen LogP) is 2.66. The van der Waals surface area contributed by atoms with Crippen LogP contribution in [-0.4, -0.2) is 43.8 Å². The molecule has 1 aliphatic heterocycles. The second-order valence-electron chi connectivity index (χ2n) is 6.15. The Balaban J connectivity index is 1.84. The van der Waals surface area contributed by atoms with Gasteiger partial charge in [0.15, 0.2) is 0 Å². The van der Waals surface area contributed by atoms with Crippen LogP contribution in [0.25, 0.3) is 0 Å². The number of nitrogens with zero attached hydrogens (tertiary/aromatic N) is 2. The minimum absolute atomic E-state index is 0.0443. The average molecular weight is 393 g/mol. The van der Waals surface area contributed by atoms with Crippen molar-refractivity contribution in [3.8, 4) is 5.88 Å². The summed E-state index contributed by atoms with van der Waals surface area (Å²) in [5.74, 6) is -1.04. The van der Waals surface area contributed by atoms with Crippen molar-refractivity contribution in [1.82, 2.24) is 9.29 Å². The fourth-order valence-electron chi connectivity index (χ4n) is 2.86. The molecule has 2 aromatic rings. The summed E-state index contributed by atoms with van der Waals surface area (Å²) >= 11 is 0. The summed E-state index contributed by atoms with van der Waals surface area (Å²) in [5, 5.41) is 2.60. The third kappa shape index (κ3) is 4.25. The van der Waals surface area contributed by atoms with Crippen molar-refractivity contribution in [3.05, 3.63) is 47.9 Å². The van der Waals surface area contributed by atoms with E-state index in [2.05, 4.69) is 10.3 Å². The first kappa shape index (κ1) is 19.2. The minimum Gasteiger partial charge on any atom is -0.481 e. The minimum atomic E-state index is -3.98. The van der Waals surface area contributed by atoms with Crippen molar-refractivity contribution < 1.29 is 22.3 Å². The van der Waals surface area contributed by atoms with Gasteiger partial charge in [0.1, 0.15) is 10.7 Å². The highest BCUT2D eigenvalue weighted by Gasteiger charge is 2.29. The Bertz CT molecular complexity index is 926. The zero-order valence-electron chi connectivity index (χ0n) is 14.8. The molecule has 1 aromatic carbocycles. The molecule has 1 saturated heterocycles. The van der Waals surface area contributed by atoms with E-state index in [1.165, 1.54) is 23.7 Å². The molecule has 27 heavy (non-hydrogen) atoms. The number of anilines is 1. The second-order valence-corrected chi connectivity index (χ2v) is 8.06. The van der Waals surface area contributed by atoms with Crippen LogP contribution < -0.4 is 10.1 Å². The SMILES string of the molecule is COc1ccc(NC(=O)c2ccc(F)c(S(=O)(=O)N3CCCCC3)c2)cn1. The van der Waals surface area contributed by atoms with Crippen LogP contribution in [0.15, 0.2) is 41.4 Å². The van der Waals surface area contributed by atoms with Crippen LogP contribution in [0.3, 0.4) is 0 Å². The number of carbonyl (C=O) groups is 1. The van der Waals surface area contributed by atoms with E-state index in [1.807, 2.05) is 0 Å². The molecule has 0 aliphatic carbocycles. The van der Waals surface area contributed by atoms with Crippen LogP contribution in [0.5, 0.6) is 5.88 Å². The first-order valence-corrected chi connectivity index (χ1v) is 9.97. The molecule has 0 bridgehead atoms. The Kier molecular flexibility index (Phi) is 5.71. The number of rotatable bonds is 5. The van der Waals surface area contributed by atoms with Gasteiger partial charge in [0, 0.05) is 24.7 Å². The van der Waals surface area contributed by atoms with E-state index in [9.17, 15) is 17.6 Å². The van der Waals surface area contributed by atoms with E-state index in [-0.39, 0.29) is 5.56 Å². The third-order valence-electron chi connectivity index (χ3n) is 4.33. The normalized spacial score (nSPS) is 15.3. The van der Waals surface area contributed by atoms with E-state index in [1.54, 1.807) is 12.1 Å². The molecular weight excluding hydrogens is 373 g/mol. The van der Waals surface area contributed by atoms with Gasteiger partial charge >= 0.3 is 0 Å². The Morgan fingerprint density at radius 3 is 2.56 bits per heavy atom. The lowest BCUT2D eigenvalue weighted by atomic mass is 10.2. The number of aromatic nitrogens is 1. The summed E-state index contributed by atoms with van der Waals surface area (Å²) in [6, 6.07) is 6.49. The van der Waals surface area contributed by atoms with Crippen molar-refractivity contribution in [1.29, 1.82) is 0 Å². The number of nitrogens with one attached hydrogen (secondary N) is 1. The Labute approximate surface area is 157 Å². The zero-order chi connectivity index (χ0) is 19.4. The number of methoxy groups -OCH3 is 1. The van der Waals surface area contributed by atoms with Crippen molar-refractivity contribution >= 4 is 21.6 Å². The number of amides is 1. The summed E-state index contributed by atoms with van der Waals surface area (Å²) in [7, 11) is -2.51. The molecule has 9 heteroatoms. The predicted molar refractivity (Wildman–Crippen MR) is 97.8 cm³/mol. The van der Waals surface area contributed by atoms with E-state index in [0.29, 0.717) is 24.7 Å². The maximum absolute atomic E-state index is 14.2. The quantitative estimate of drug-likeness (QED) is 0.844. The Hall–Kier alpha value is -2.52. The summed E-state index contributed by atoms with van der Waals surface area (Å²) in [4.78, 5) is 15.9. The number of carbonyl (C=O) groups excluding carboxylic acids is 1. The van der Waals surface area contributed by atoms with E-state index >= 15 is 0 Å². The first-order chi connectivity index (χ1) is 12.9. The van der Waals surface area contributed by atoms with Gasteiger partial charge in [-0.3, -0.25) is 4.79 Å². The smallest absolute Gasteiger partial charge is 0.255 e. The molecule has 1 aromatic heterocycles. The van der Waals surface area contributed by atoms with E-state index in [0.717, 1.165) is 31.4 Å². The molecule has 7 nitrogen and oxygen atoms in total. The third-order valence-corrected chi connectivity index (χ3v) is 6.24. The molecular formula is C18H20FN3O4S. The lowest BCUT2D eigenvalue weighted by Gasteiger charge is -2.26. The summed E-state index contributed by atoms with van der Waals surface area (Å²) in [6.45, 7) is 0.714. The van der Waals surface area contributed by atoms with E-state index in [4.69, 9.17) is 4.74 Å². The van der Waals surface area contributed by atoms with Gasteiger partial charge in [-0.25, -0.2) is 17.8 Å².